The summed E-state index contributed by atoms with van der Waals surface area (Å²) >= 11 is 0. The Bertz CT molecular complexity index is 741. The zero-order valence-corrected chi connectivity index (χ0v) is 18.7. The van der Waals surface area contributed by atoms with Crippen molar-refractivity contribution < 1.29 is 23.9 Å². The van der Waals surface area contributed by atoms with Gasteiger partial charge in [-0.3, -0.25) is 19.2 Å². The lowest BCUT2D eigenvalue weighted by Crippen LogP contribution is -2.54. The molecule has 166 valence electrons. The second-order valence-corrected chi connectivity index (χ2v) is 8.41. The standard InChI is InChI=1S/C22H33N3O5/c1-15(2)20(21(29)24-13-19(28)30-22(4,5)6)25(18(27)12-23-16(3)26)14-17-10-8-7-9-11-17/h7-11,15,20H,12-14H2,1-6H3,(H,23,26)(H,24,29)/t20-/m0/s1. The molecular weight excluding hydrogens is 386 g/mol. The second-order valence-electron chi connectivity index (χ2n) is 8.41. The van der Waals surface area contributed by atoms with Crippen molar-refractivity contribution in [2.75, 3.05) is 13.1 Å². The molecule has 0 aliphatic carbocycles. The third-order valence-electron chi connectivity index (χ3n) is 4.07. The first-order valence-corrected chi connectivity index (χ1v) is 9.98. The Hall–Kier alpha value is -2.90. The van der Waals surface area contributed by atoms with Crippen molar-refractivity contribution in [1.29, 1.82) is 0 Å². The molecule has 1 aromatic carbocycles. The molecule has 0 saturated carbocycles. The van der Waals surface area contributed by atoms with Crippen molar-refractivity contribution in [3.63, 3.8) is 0 Å². The Morgan fingerprint density at radius 1 is 1.00 bits per heavy atom. The number of esters is 1. The fourth-order valence-electron chi connectivity index (χ4n) is 2.87. The van der Waals surface area contributed by atoms with E-state index in [-0.39, 0.29) is 37.4 Å². The molecule has 1 aromatic rings. The summed E-state index contributed by atoms with van der Waals surface area (Å²) in [5.74, 6) is -1.97. The number of nitrogens with one attached hydrogen (secondary N) is 2. The van der Waals surface area contributed by atoms with Crippen molar-refractivity contribution in [2.24, 2.45) is 5.92 Å². The summed E-state index contributed by atoms with van der Waals surface area (Å²) in [5.41, 5.74) is 0.187. The third kappa shape index (κ3) is 9.07. The quantitative estimate of drug-likeness (QED) is 0.592. The van der Waals surface area contributed by atoms with E-state index < -0.39 is 23.5 Å². The number of hydrogen-bond acceptors (Lipinski definition) is 5. The lowest BCUT2D eigenvalue weighted by molar-refractivity contribution is -0.155. The molecular formula is C22H33N3O5. The summed E-state index contributed by atoms with van der Waals surface area (Å²) in [5, 5.41) is 5.06. The van der Waals surface area contributed by atoms with E-state index in [4.69, 9.17) is 4.74 Å². The molecule has 0 radical (unpaired) electrons. The van der Waals surface area contributed by atoms with Gasteiger partial charge in [0.05, 0.1) is 6.54 Å². The van der Waals surface area contributed by atoms with Crippen LogP contribution in [0.25, 0.3) is 0 Å². The molecule has 0 bridgehead atoms. The van der Waals surface area contributed by atoms with Crippen LogP contribution in [-0.4, -0.2) is 53.3 Å². The molecule has 0 aromatic heterocycles. The summed E-state index contributed by atoms with van der Waals surface area (Å²) in [4.78, 5) is 50.4. The van der Waals surface area contributed by atoms with E-state index in [0.29, 0.717) is 0 Å². The van der Waals surface area contributed by atoms with Crippen LogP contribution in [0, 0.1) is 5.92 Å². The van der Waals surface area contributed by atoms with Crippen LogP contribution in [0.4, 0.5) is 0 Å². The van der Waals surface area contributed by atoms with Gasteiger partial charge in [0.1, 0.15) is 18.2 Å². The lowest BCUT2D eigenvalue weighted by Gasteiger charge is -2.33. The molecule has 0 unspecified atom stereocenters. The average Bonchev–Trinajstić information content (AvgIpc) is 2.63. The normalized spacial score (nSPS) is 12.1. The van der Waals surface area contributed by atoms with Gasteiger partial charge in [-0.05, 0) is 32.3 Å². The van der Waals surface area contributed by atoms with Gasteiger partial charge in [0.2, 0.25) is 17.7 Å². The van der Waals surface area contributed by atoms with Gasteiger partial charge in [0.25, 0.3) is 0 Å². The largest absolute Gasteiger partial charge is 0.459 e. The maximum atomic E-state index is 12.9. The predicted octanol–water partition coefficient (Wildman–Crippen LogP) is 1.63. The summed E-state index contributed by atoms with van der Waals surface area (Å²) < 4.78 is 5.22. The Morgan fingerprint density at radius 3 is 2.10 bits per heavy atom. The molecule has 0 aliphatic heterocycles. The monoisotopic (exact) mass is 419 g/mol. The summed E-state index contributed by atoms with van der Waals surface area (Å²) in [6.07, 6.45) is 0. The molecule has 0 saturated heterocycles. The van der Waals surface area contributed by atoms with Gasteiger partial charge in [0, 0.05) is 13.5 Å². The Morgan fingerprint density at radius 2 is 1.60 bits per heavy atom. The van der Waals surface area contributed by atoms with Crippen LogP contribution < -0.4 is 10.6 Å². The van der Waals surface area contributed by atoms with Crippen LogP contribution in [0.1, 0.15) is 47.1 Å². The first-order valence-electron chi connectivity index (χ1n) is 9.98. The third-order valence-corrected chi connectivity index (χ3v) is 4.07. The van der Waals surface area contributed by atoms with Crippen LogP contribution in [-0.2, 0) is 30.5 Å². The van der Waals surface area contributed by atoms with Gasteiger partial charge in [-0.2, -0.15) is 0 Å². The summed E-state index contributed by atoms with van der Waals surface area (Å²) in [7, 11) is 0. The fraction of sp³-hybridized carbons (Fsp3) is 0.545. The fourth-order valence-corrected chi connectivity index (χ4v) is 2.87. The van der Waals surface area contributed by atoms with Crippen molar-refractivity contribution in [3.8, 4) is 0 Å². The highest BCUT2D eigenvalue weighted by atomic mass is 16.6. The smallest absolute Gasteiger partial charge is 0.325 e. The minimum atomic E-state index is -0.825. The number of nitrogens with zero attached hydrogens (tertiary/aromatic N) is 1. The van der Waals surface area contributed by atoms with E-state index >= 15 is 0 Å². The number of rotatable bonds is 9. The highest BCUT2D eigenvalue weighted by molar-refractivity contribution is 5.91. The number of benzene rings is 1. The molecule has 0 heterocycles. The molecule has 8 nitrogen and oxygen atoms in total. The molecule has 3 amide bonds. The maximum absolute atomic E-state index is 12.9. The van der Waals surface area contributed by atoms with Crippen LogP contribution in [0.2, 0.25) is 0 Å². The van der Waals surface area contributed by atoms with E-state index in [0.717, 1.165) is 5.56 Å². The number of carbonyl (C=O) groups excluding carboxylic acids is 4. The van der Waals surface area contributed by atoms with Crippen LogP contribution in [0.5, 0.6) is 0 Å². The van der Waals surface area contributed by atoms with Crippen molar-refractivity contribution in [2.45, 2.75) is 59.7 Å². The highest BCUT2D eigenvalue weighted by Gasteiger charge is 2.33. The Labute approximate surface area is 178 Å². The minimum Gasteiger partial charge on any atom is -0.459 e. The Kier molecular flexibility index (Phi) is 9.49. The number of hydrogen-bond donors (Lipinski definition) is 2. The Balaban J connectivity index is 3.01. The average molecular weight is 420 g/mol. The van der Waals surface area contributed by atoms with E-state index in [1.165, 1.54) is 11.8 Å². The van der Waals surface area contributed by atoms with Crippen LogP contribution in [0.3, 0.4) is 0 Å². The summed E-state index contributed by atoms with van der Waals surface area (Å²) in [6, 6.07) is 8.44. The molecule has 0 fully saturated rings. The molecule has 2 N–H and O–H groups in total. The van der Waals surface area contributed by atoms with Crippen molar-refractivity contribution >= 4 is 23.7 Å². The van der Waals surface area contributed by atoms with Gasteiger partial charge in [-0.15, -0.1) is 0 Å². The zero-order valence-electron chi connectivity index (χ0n) is 18.7. The van der Waals surface area contributed by atoms with Gasteiger partial charge >= 0.3 is 5.97 Å². The number of amides is 3. The zero-order chi connectivity index (χ0) is 22.9. The summed E-state index contributed by atoms with van der Waals surface area (Å²) in [6.45, 7) is 9.87. The number of ether oxygens (including phenoxy) is 1. The van der Waals surface area contributed by atoms with E-state index in [9.17, 15) is 19.2 Å². The minimum absolute atomic E-state index is 0.196. The van der Waals surface area contributed by atoms with Gasteiger partial charge in [-0.1, -0.05) is 44.2 Å². The van der Waals surface area contributed by atoms with E-state index in [1.54, 1.807) is 20.8 Å². The second kappa shape index (κ2) is 11.3. The SMILES string of the molecule is CC(=O)NCC(=O)N(Cc1ccccc1)[C@H](C(=O)NCC(=O)OC(C)(C)C)C(C)C. The molecule has 8 heteroatoms. The van der Waals surface area contributed by atoms with Crippen molar-refractivity contribution in [3.05, 3.63) is 35.9 Å². The molecule has 1 atom stereocenters. The first-order chi connectivity index (χ1) is 13.9. The van der Waals surface area contributed by atoms with E-state index in [2.05, 4.69) is 10.6 Å². The topological polar surface area (TPSA) is 105 Å². The van der Waals surface area contributed by atoms with Crippen LogP contribution >= 0.6 is 0 Å². The number of carbonyl (C=O) groups is 4. The highest BCUT2D eigenvalue weighted by Crippen LogP contribution is 2.16. The van der Waals surface area contributed by atoms with Gasteiger partial charge in [-0.25, -0.2) is 0 Å². The molecule has 0 spiro atoms. The first kappa shape index (κ1) is 25.1. The van der Waals surface area contributed by atoms with Gasteiger partial charge < -0.3 is 20.3 Å². The van der Waals surface area contributed by atoms with Crippen molar-refractivity contribution in [1.82, 2.24) is 15.5 Å². The molecule has 1 rings (SSSR count). The lowest BCUT2D eigenvalue weighted by atomic mass is 10.00. The molecule has 30 heavy (non-hydrogen) atoms. The van der Waals surface area contributed by atoms with E-state index in [1.807, 2.05) is 44.2 Å². The maximum Gasteiger partial charge on any atom is 0.325 e. The molecule has 0 aliphatic rings. The van der Waals surface area contributed by atoms with Gasteiger partial charge in [0.15, 0.2) is 0 Å². The van der Waals surface area contributed by atoms with Crippen LogP contribution in [0.15, 0.2) is 30.3 Å². The predicted molar refractivity (Wildman–Crippen MR) is 113 cm³/mol.